The molecule has 4 aromatic rings. The van der Waals surface area contributed by atoms with Crippen molar-refractivity contribution in [1.82, 2.24) is 4.98 Å². The molecule has 1 N–H and O–H groups in total. The second-order valence-corrected chi connectivity index (χ2v) is 7.97. The lowest BCUT2D eigenvalue weighted by molar-refractivity contribution is -0.115. The molecule has 0 fully saturated rings. The average Bonchev–Trinajstić information content (AvgIpc) is 3.36. The Bertz CT molecular complexity index is 1020. The van der Waals surface area contributed by atoms with Crippen LogP contribution in [0.25, 0.3) is 9.88 Å². The summed E-state index contributed by atoms with van der Waals surface area (Å²) in [4.78, 5) is 18.3. The molecule has 5 heteroatoms. The molecule has 2 aromatic carbocycles. The van der Waals surface area contributed by atoms with Gasteiger partial charge in [-0.15, -0.1) is 22.7 Å². The van der Waals surface area contributed by atoms with Crippen molar-refractivity contribution in [2.45, 2.75) is 12.8 Å². The van der Waals surface area contributed by atoms with Gasteiger partial charge in [0, 0.05) is 11.1 Å². The maximum atomic E-state index is 12.5. The Labute approximate surface area is 166 Å². The minimum Gasteiger partial charge on any atom is -0.325 e. The molecular formula is C22H18N2OS2. The molecule has 0 bridgehead atoms. The Morgan fingerprint density at radius 3 is 2.56 bits per heavy atom. The SMILES string of the molecule is O=C(Cc1csc(-c2cccs2)n1)Nc1ccccc1Cc1ccccc1. The van der Waals surface area contributed by atoms with E-state index >= 15 is 0 Å². The van der Waals surface area contributed by atoms with Crippen LogP contribution >= 0.6 is 22.7 Å². The van der Waals surface area contributed by atoms with E-state index < -0.39 is 0 Å². The number of thiophene rings is 1. The fourth-order valence-electron chi connectivity index (χ4n) is 2.87. The van der Waals surface area contributed by atoms with Crippen molar-refractivity contribution in [2.75, 3.05) is 5.32 Å². The normalized spacial score (nSPS) is 10.7. The fraction of sp³-hybridized carbons (Fsp3) is 0.0909. The summed E-state index contributed by atoms with van der Waals surface area (Å²) in [5, 5.41) is 8.02. The number of hydrogen-bond donors (Lipinski definition) is 1. The first-order chi connectivity index (χ1) is 13.3. The molecule has 3 nitrogen and oxygen atoms in total. The molecule has 0 radical (unpaired) electrons. The van der Waals surface area contributed by atoms with Crippen LogP contribution in [0, 0.1) is 0 Å². The first kappa shape index (κ1) is 17.6. The summed E-state index contributed by atoms with van der Waals surface area (Å²) in [6.45, 7) is 0. The second kappa shape index (κ2) is 8.29. The van der Waals surface area contributed by atoms with Crippen molar-refractivity contribution in [2.24, 2.45) is 0 Å². The maximum Gasteiger partial charge on any atom is 0.230 e. The lowest BCUT2D eigenvalue weighted by atomic mass is 10.0. The Morgan fingerprint density at radius 1 is 0.926 bits per heavy atom. The van der Waals surface area contributed by atoms with Crippen LogP contribution in [-0.2, 0) is 17.6 Å². The molecule has 0 spiro atoms. The van der Waals surface area contributed by atoms with Crippen LogP contribution in [-0.4, -0.2) is 10.9 Å². The van der Waals surface area contributed by atoms with Gasteiger partial charge in [0.2, 0.25) is 5.91 Å². The summed E-state index contributed by atoms with van der Waals surface area (Å²) in [5.74, 6) is -0.0430. The molecule has 27 heavy (non-hydrogen) atoms. The Morgan fingerprint density at radius 2 is 1.74 bits per heavy atom. The first-order valence-corrected chi connectivity index (χ1v) is 10.4. The van der Waals surface area contributed by atoms with Crippen LogP contribution < -0.4 is 5.32 Å². The van der Waals surface area contributed by atoms with E-state index in [1.54, 1.807) is 22.7 Å². The first-order valence-electron chi connectivity index (χ1n) is 8.68. The molecule has 0 saturated carbocycles. The van der Waals surface area contributed by atoms with Gasteiger partial charge in [0.1, 0.15) is 5.01 Å². The monoisotopic (exact) mass is 390 g/mol. The van der Waals surface area contributed by atoms with Crippen LogP contribution in [0.4, 0.5) is 5.69 Å². The van der Waals surface area contributed by atoms with Gasteiger partial charge in [0.05, 0.1) is 17.0 Å². The molecule has 0 unspecified atom stereocenters. The van der Waals surface area contributed by atoms with Gasteiger partial charge in [-0.1, -0.05) is 54.6 Å². The molecule has 0 aliphatic heterocycles. The zero-order chi connectivity index (χ0) is 18.5. The van der Waals surface area contributed by atoms with E-state index in [9.17, 15) is 4.79 Å². The molecule has 134 valence electrons. The molecule has 0 aliphatic rings. The standard InChI is InChI=1S/C22H18N2OS2/c25-21(14-18-15-27-22(23-18)20-11-6-12-26-20)24-19-10-5-4-9-17(19)13-16-7-2-1-3-8-16/h1-12,15H,13-14H2,(H,24,25). The van der Waals surface area contributed by atoms with Crippen LogP contribution in [0.15, 0.2) is 77.5 Å². The van der Waals surface area contributed by atoms with Crippen molar-refractivity contribution < 1.29 is 4.79 Å². The summed E-state index contributed by atoms with van der Waals surface area (Å²) in [6, 6.07) is 22.3. The largest absolute Gasteiger partial charge is 0.325 e. The smallest absolute Gasteiger partial charge is 0.230 e. The summed E-state index contributed by atoms with van der Waals surface area (Å²) < 4.78 is 0. The molecule has 2 heterocycles. The number of rotatable bonds is 6. The number of anilines is 1. The molecule has 0 saturated heterocycles. The molecule has 0 aliphatic carbocycles. The summed E-state index contributed by atoms with van der Waals surface area (Å²) in [5.41, 5.74) is 4.00. The Hall–Kier alpha value is -2.76. The number of amides is 1. The highest BCUT2D eigenvalue weighted by Gasteiger charge is 2.11. The third kappa shape index (κ3) is 4.51. The topological polar surface area (TPSA) is 42.0 Å². The molecule has 0 atom stereocenters. The number of carbonyl (C=O) groups is 1. The van der Waals surface area contributed by atoms with Crippen molar-refractivity contribution in [3.63, 3.8) is 0 Å². The Kier molecular flexibility index (Phi) is 5.42. The van der Waals surface area contributed by atoms with E-state index in [0.29, 0.717) is 0 Å². The van der Waals surface area contributed by atoms with Crippen LogP contribution in [0.5, 0.6) is 0 Å². The van der Waals surface area contributed by atoms with E-state index in [1.807, 2.05) is 59.3 Å². The van der Waals surface area contributed by atoms with E-state index in [-0.39, 0.29) is 12.3 Å². The highest BCUT2D eigenvalue weighted by Crippen LogP contribution is 2.28. The quantitative estimate of drug-likeness (QED) is 0.463. The second-order valence-electron chi connectivity index (χ2n) is 6.17. The Balaban J connectivity index is 1.44. The minimum atomic E-state index is -0.0430. The number of carbonyl (C=O) groups excluding carboxylic acids is 1. The molecule has 4 rings (SSSR count). The predicted octanol–water partition coefficient (Wildman–Crippen LogP) is 5.64. The minimum absolute atomic E-state index is 0.0430. The summed E-state index contributed by atoms with van der Waals surface area (Å²) in [6.07, 6.45) is 1.07. The number of nitrogens with one attached hydrogen (secondary N) is 1. The number of aromatic nitrogens is 1. The average molecular weight is 391 g/mol. The summed E-state index contributed by atoms with van der Waals surface area (Å²) >= 11 is 3.24. The zero-order valence-corrected chi connectivity index (χ0v) is 16.2. The van der Waals surface area contributed by atoms with Gasteiger partial charge in [-0.05, 0) is 35.1 Å². The van der Waals surface area contributed by atoms with Crippen LogP contribution in [0.1, 0.15) is 16.8 Å². The number of hydrogen-bond acceptors (Lipinski definition) is 4. The number of para-hydroxylation sites is 1. The lowest BCUT2D eigenvalue weighted by Crippen LogP contribution is -2.15. The highest BCUT2D eigenvalue weighted by atomic mass is 32.1. The van der Waals surface area contributed by atoms with E-state index in [4.69, 9.17) is 0 Å². The van der Waals surface area contributed by atoms with Gasteiger partial charge in [0.15, 0.2) is 0 Å². The fourth-order valence-corrected chi connectivity index (χ4v) is 4.51. The molecular weight excluding hydrogens is 372 g/mol. The third-order valence-corrected chi connectivity index (χ3v) is 6.08. The number of benzene rings is 2. The van der Waals surface area contributed by atoms with Gasteiger partial charge in [-0.3, -0.25) is 4.79 Å². The predicted molar refractivity (Wildman–Crippen MR) is 113 cm³/mol. The molecule has 1 amide bonds. The van der Waals surface area contributed by atoms with Crippen molar-refractivity contribution in [3.05, 3.63) is 94.3 Å². The lowest BCUT2D eigenvalue weighted by Gasteiger charge is -2.11. The highest BCUT2D eigenvalue weighted by molar-refractivity contribution is 7.20. The number of thiazole rings is 1. The third-order valence-electron chi connectivity index (χ3n) is 4.15. The molecule has 2 aromatic heterocycles. The van der Waals surface area contributed by atoms with Gasteiger partial charge in [0.25, 0.3) is 0 Å². The van der Waals surface area contributed by atoms with Crippen molar-refractivity contribution in [1.29, 1.82) is 0 Å². The van der Waals surface area contributed by atoms with E-state index in [1.165, 1.54) is 5.56 Å². The summed E-state index contributed by atoms with van der Waals surface area (Å²) in [7, 11) is 0. The van der Waals surface area contributed by atoms with Gasteiger partial charge in [-0.2, -0.15) is 0 Å². The van der Waals surface area contributed by atoms with E-state index in [0.717, 1.165) is 33.3 Å². The van der Waals surface area contributed by atoms with Crippen molar-refractivity contribution >= 4 is 34.3 Å². The van der Waals surface area contributed by atoms with Gasteiger partial charge < -0.3 is 5.32 Å². The van der Waals surface area contributed by atoms with E-state index in [2.05, 4.69) is 28.5 Å². The van der Waals surface area contributed by atoms with Gasteiger partial charge >= 0.3 is 0 Å². The van der Waals surface area contributed by atoms with Crippen molar-refractivity contribution in [3.8, 4) is 9.88 Å². The number of nitrogens with zero attached hydrogens (tertiary/aromatic N) is 1. The van der Waals surface area contributed by atoms with Crippen LogP contribution in [0.2, 0.25) is 0 Å². The maximum absolute atomic E-state index is 12.5. The van der Waals surface area contributed by atoms with Gasteiger partial charge in [-0.25, -0.2) is 4.98 Å². The van der Waals surface area contributed by atoms with Crippen LogP contribution in [0.3, 0.4) is 0 Å². The zero-order valence-electron chi connectivity index (χ0n) is 14.6.